The number of halogens is 1. The summed E-state index contributed by atoms with van der Waals surface area (Å²) in [6, 6.07) is 10.8. The number of phenolic OH excluding ortho intramolecular Hbond substituents is 1. The first-order valence-electron chi connectivity index (χ1n) is 8.91. The van der Waals surface area contributed by atoms with Gasteiger partial charge >= 0.3 is 0 Å². The summed E-state index contributed by atoms with van der Waals surface area (Å²) in [5, 5.41) is 11.4. The van der Waals surface area contributed by atoms with E-state index in [0.29, 0.717) is 12.2 Å². The second-order valence-electron chi connectivity index (χ2n) is 8.35. The largest absolute Gasteiger partial charge is 0.507 e. The minimum atomic E-state index is -0.545. The Kier molecular flexibility index (Phi) is 3.51. The summed E-state index contributed by atoms with van der Waals surface area (Å²) < 4.78 is 22.6. The van der Waals surface area contributed by atoms with Gasteiger partial charge in [0, 0.05) is 27.7 Å². The molecule has 2 heterocycles. The number of nitrogens with zero attached hydrogens (tertiary/aromatic N) is 1. The van der Waals surface area contributed by atoms with E-state index in [4.69, 9.17) is 4.74 Å². The van der Waals surface area contributed by atoms with E-state index in [1.54, 1.807) is 25.1 Å². The molecule has 0 saturated heterocycles. The van der Waals surface area contributed by atoms with E-state index < -0.39 is 5.60 Å². The Morgan fingerprint density at radius 1 is 1.12 bits per heavy atom. The van der Waals surface area contributed by atoms with Crippen LogP contribution in [-0.4, -0.2) is 16.3 Å². The fourth-order valence-electron chi connectivity index (χ4n) is 4.04. The van der Waals surface area contributed by atoms with Crippen LogP contribution in [0.25, 0.3) is 16.6 Å². The van der Waals surface area contributed by atoms with Gasteiger partial charge in [-0.2, -0.15) is 0 Å². The zero-order valence-electron chi connectivity index (χ0n) is 15.9. The van der Waals surface area contributed by atoms with E-state index in [2.05, 4.69) is 18.4 Å². The van der Waals surface area contributed by atoms with E-state index in [9.17, 15) is 9.50 Å². The molecule has 0 saturated carbocycles. The Hall–Kier alpha value is -2.33. The average molecular weight is 353 g/mol. The lowest BCUT2D eigenvalue weighted by molar-refractivity contribution is -0.0590. The number of aryl methyl sites for hydroxylation is 1. The van der Waals surface area contributed by atoms with Crippen molar-refractivity contribution in [1.82, 2.24) is 4.57 Å². The highest BCUT2D eigenvalue weighted by atomic mass is 19.1. The van der Waals surface area contributed by atoms with Gasteiger partial charge in [0.2, 0.25) is 0 Å². The van der Waals surface area contributed by atoms with Crippen molar-refractivity contribution in [2.75, 3.05) is 6.61 Å². The summed E-state index contributed by atoms with van der Waals surface area (Å²) in [7, 11) is 0. The fraction of sp³-hybridized carbons (Fsp3) is 0.364. The number of benzene rings is 2. The van der Waals surface area contributed by atoms with Crippen LogP contribution in [0, 0.1) is 12.7 Å². The van der Waals surface area contributed by atoms with Gasteiger partial charge in [-0.3, -0.25) is 0 Å². The Balaban J connectivity index is 2.21. The third-order valence-corrected chi connectivity index (χ3v) is 5.42. The molecule has 4 rings (SSSR count). The molecule has 1 aromatic heterocycles. The Bertz CT molecular complexity index is 1030. The van der Waals surface area contributed by atoms with Crippen LogP contribution in [0.1, 0.15) is 44.5 Å². The van der Waals surface area contributed by atoms with Gasteiger partial charge in [0.25, 0.3) is 0 Å². The third-order valence-electron chi connectivity index (χ3n) is 5.42. The molecule has 3 nitrogen and oxygen atoms in total. The first-order chi connectivity index (χ1) is 12.1. The summed E-state index contributed by atoms with van der Waals surface area (Å²) in [4.78, 5) is 0. The molecule has 0 bridgehead atoms. The van der Waals surface area contributed by atoms with E-state index >= 15 is 0 Å². The molecule has 0 aliphatic carbocycles. The molecule has 1 N–H and O–H groups in total. The lowest BCUT2D eigenvalue weighted by Crippen LogP contribution is -2.40. The molecule has 0 spiro atoms. The minimum Gasteiger partial charge on any atom is -0.507 e. The first-order valence-corrected chi connectivity index (χ1v) is 8.91. The van der Waals surface area contributed by atoms with Crippen molar-refractivity contribution >= 4 is 10.9 Å². The van der Waals surface area contributed by atoms with E-state index in [-0.39, 0.29) is 17.0 Å². The van der Waals surface area contributed by atoms with Crippen molar-refractivity contribution in [2.45, 2.75) is 45.6 Å². The maximum atomic E-state index is 14.3. The van der Waals surface area contributed by atoms with Crippen LogP contribution < -0.4 is 0 Å². The van der Waals surface area contributed by atoms with Crippen molar-refractivity contribution in [3.05, 3.63) is 59.0 Å². The van der Waals surface area contributed by atoms with Crippen molar-refractivity contribution < 1.29 is 14.2 Å². The number of ether oxygens (including phenoxy) is 1. The molecule has 3 aromatic rings. The lowest BCUT2D eigenvalue weighted by atomic mass is 9.79. The van der Waals surface area contributed by atoms with Gasteiger partial charge in [-0.1, -0.05) is 26.0 Å². The predicted molar refractivity (Wildman–Crippen MR) is 102 cm³/mol. The van der Waals surface area contributed by atoms with Crippen LogP contribution in [0.15, 0.2) is 36.4 Å². The topological polar surface area (TPSA) is 34.4 Å². The van der Waals surface area contributed by atoms with Gasteiger partial charge < -0.3 is 14.4 Å². The summed E-state index contributed by atoms with van der Waals surface area (Å²) in [6.45, 7) is 10.6. The van der Waals surface area contributed by atoms with Gasteiger partial charge in [-0.05, 0) is 50.6 Å². The molecule has 0 radical (unpaired) electrons. The van der Waals surface area contributed by atoms with Crippen LogP contribution in [0.2, 0.25) is 0 Å². The van der Waals surface area contributed by atoms with E-state index in [1.807, 2.05) is 32.0 Å². The molecular formula is C22H24FNO2. The van der Waals surface area contributed by atoms with Crippen molar-refractivity contribution in [3.63, 3.8) is 0 Å². The summed E-state index contributed by atoms with van der Waals surface area (Å²) in [6.07, 6.45) is 0. The number of rotatable bonds is 1. The Labute approximate surface area is 153 Å². The molecule has 1 aliphatic heterocycles. The standard InChI is InChI=1S/C22H24FNO2/c1-13-9-10-14(11-15(13)23)24-16-7-6-8-17(25)18(16)19-20(24)21(2,3)12-26-22(19,4)5/h6-11,25H,12H2,1-5H3. The fourth-order valence-corrected chi connectivity index (χ4v) is 4.04. The summed E-state index contributed by atoms with van der Waals surface area (Å²) in [5.41, 5.74) is 3.45. The second-order valence-corrected chi connectivity index (χ2v) is 8.35. The Morgan fingerprint density at radius 2 is 1.85 bits per heavy atom. The molecule has 4 heteroatoms. The van der Waals surface area contributed by atoms with Gasteiger partial charge in [0.05, 0.1) is 17.7 Å². The van der Waals surface area contributed by atoms with Gasteiger partial charge in [-0.15, -0.1) is 0 Å². The van der Waals surface area contributed by atoms with Gasteiger partial charge in [-0.25, -0.2) is 4.39 Å². The van der Waals surface area contributed by atoms with Crippen molar-refractivity contribution in [2.24, 2.45) is 0 Å². The molecule has 0 atom stereocenters. The van der Waals surface area contributed by atoms with Crippen molar-refractivity contribution in [3.8, 4) is 11.4 Å². The van der Waals surface area contributed by atoms with Crippen LogP contribution in [-0.2, 0) is 15.8 Å². The molecule has 0 fully saturated rings. The maximum absolute atomic E-state index is 14.3. The third kappa shape index (κ3) is 2.28. The van der Waals surface area contributed by atoms with Crippen LogP contribution in [0.5, 0.6) is 5.75 Å². The van der Waals surface area contributed by atoms with Crippen LogP contribution >= 0.6 is 0 Å². The first kappa shape index (κ1) is 17.1. The highest BCUT2D eigenvalue weighted by molar-refractivity contribution is 5.94. The predicted octanol–water partition coefficient (Wildman–Crippen LogP) is 5.33. The molecule has 26 heavy (non-hydrogen) atoms. The van der Waals surface area contributed by atoms with E-state index in [0.717, 1.165) is 27.8 Å². The van der Waals surface area contributed by atoms with E-state index in [1.165, 1.54) is 0 Å². The second kappa shape index (κ2) is 5.34. The summed E-state index contributed by atoms with van der Waals surface area (Å²) >= 11 is 0. The smallest absolute Gasteiger partial charge is 0.128 e. The zero-order chi connectivity index (χ0) is 18.9. The quantitative estimate of drug-likeness (QED) is 0.642. The SMILES string of the molecule is Cc1ccc(-n2c3c(c4c(O)cccc42)C(C)(C)OCC3(C)C)cc1F. The highest BCUT2D eigenvalue weighted by Crippen LogP contribution is 2.49. The summed E-state index contributed by atoms with van der Waals surface area (Å²) in [5.74, 6) is -0.0122. The maximum Gasteiger partial charge on any atom is 0.128 e. The lowest BCUT2D eigenvalue weighted by Gasteiger charge is -2.41. The Morgan fingerprint density at radius 3 is 2.54 bits per heavy atom. The van der Waals surface area contributed by atoms with Gasteiger partial charge in [0.1, 0.15) is 11.6 Å². The number of hydrogen-bond donors (Lipinski definition) is 1. The molecular weight excluding hydrogens is 329 g/mol. The van der Waals surface area contributed by atoms with Crippen LogP contribution in [0.3, 0.4) is 0 Å². The number of aromatic hydroxyl groups is 1. The number of phenols is 1. The zero-order valence-corrected chi connectivity index (χ0v) is 15.9. The number of aromatic nitrogens is 1. The normalized spacial score (nSPS) is 18.1. The monoisotopic (exact) mass is 353 g/mol. The average Bonchev–Trinajstić information content (AvgIpc) is 2.94. The molecule has 0 amide bonds. The molecule has 1 aliphatic rings. The number of fused-ring (bicyclic) bond motifs is 3. The van der Waals surface area contributed by atoms with Crippen LogP contribution in [0.4, 0.5) is 4.39 Å². The van der Waals surface area contributed by atoms with Crippen molar-refractivity contribution in [1.29, 1.82) is 0 Å². The highest BCUT2D eigenvalue weighted by Gasteiger charge is 2.43. The number of hydrogen-bond acceptors (Lipinski definition) is 2. The molecule has 0 unspecified atom stereocenters. The molecule has 136 valence electrons. The minimum absolute atomic E-state index is 0.222. The molecule has 2 aromatic carbocycles. The van der Waals surface area contributed by atoms with Gasteiger partial charge in [0.15, 0.2) is 0 Å².